The van der Waals surface area contributed by atoms with E-state index in [1.165, 1.54) is 42.5 Å². The summed E-state index contributed by atoms with van der Waals surface area (Å²) >= 11 is 0. The van der Waals surface area contributed by atoms with E-state index in [1.54, 1.807) is 6.07 Å². The molecule has 0 radical (unpaired) electrons. The number of benzene rings is 2. The number of nitrogens with one attached hydrogen (secondary N) is 3. The fraction of sp³-hybridized carbons (Fsp3) is 0.308. The summed E-state index contributed by atoms with van der Waals surface area (Å²) in [5.74, 6) is -1.78. The molecule has 10 nitrogen and oxygen atoms in total. The summed E-state index contributed by atoms with van der Waals surface area (Å²) in [4.78, 5) is 36.7. The minimum Gasteiger partial charge on any atom is -0.506 e. The van der Waals surface area contributed by atoms with Crippen molar-refractivity contribution in [3.05, 3.63) is 71.5 Å². The number of phenolic OH excluding ortho intramolecular Hbond substituents is 1. The second kappa shape index (κ2) is 11.5. The van der Waals surface area contributed by atoms with Crippen LogP contribution in [-0.2, 0) is 17.5 Å². The molecule has 5 N–H and O–H groups in total. The highest BCUT2D eigenvalue weighted by molar-refractivity contribution is 6.04. The van der Waals surface area contributed by atoms with Gasteiger partial charge in [0.1, 0.15) is 17.5 Å². The third-order valence-corrected chi connectivity index (χ3v) is 5.44. The predicted molar refractivity (Wildman–Crippen MR) is 135 cm³/mol. The van der Waals surface area contributed by atoms with Gasteiger partial charge in [-0.2, -0.15) is 18.3 Å². The van der Waals surface area contributed by atoms with Crippen molar-refractivity contribution >= 4 is 23.6 Å². The monoisotopic (exact) mass is 547 g/mol. The number of alkyl halides is 3. The Morgan fingerprint density at radius 1 is 1.03 bits per heavy atom. The minimum absolute atomic E-state index is 0.0000492. The van der Waals surface area contributed by atoms with Crippen LogP contribution in [0, 0.1) is 5.41 Å². The van der Waals surface area contributed by atoms with Crippen LogP contribution in [0.5, 0.6) is 5.75 Å². The molecule has 13 heteroatoms. The highest BCUT2D eigenvalue weighted by Crippen LogP contribution is 2.30. The lowest BCUT2D eigenvalue weighted by molar-refractivity contribution is -0.141. The predicted octanol–water partition coefficient (Wildman–Crippen LogP) is 4.54. The third-order valence-electron chi connectivity index (χ3n) is 5.44. The quantitative estimate of drug-likeness (QED) is 0.262. The van der Waals surface area contributed by atoms with Gasteiger partial charge in [0.15, 0.2) is 5.69 Å². The van der Waals surface area contributed by atoms with Gasteiger partial charge in [0.05, 0.1) is 11.4 Å². The van der Waals surface area contributed by atoms with Crippen LogP contribution in [0.2, 0.25) is 0 Å². The Hall–Kier alpha value is -4.55. The molecular formula is C26H28F3N5O5. The van der Waals surface area contributed by atoms with Crippen molar-refractivity contribution in [3.63, 3.8) is 0 Å². The van der Waals surface area contributed by atoms with Crippen LogP contribution >= 0.6 is 0 Å². The van der Waals surface area contributed by atoms with Gasteiger partial charge in [-0.05, 0) is 41.7 Å². The lowest BCUT2D eigenvalue weighted by Gasteiger charge is -2.25. The van der Waals surface area contributed by atoms with E-state index in [0.29, 0.717) is 11.6 Å². The molecule has 1 aromatic heterocycles. The number of nitrogens with zero attached hydrogens (tertiary/aromatic N) is 2. The van der Waals surface area contributed by atoms with Crippen LogP contribution in [0.4, 0.5) is 23.7 Å². The Bertz CT molecular complexity index is 1360. The van der Waals surface area contributed by atoms with E-state index in [0.717, 1.165) is 4.68 Å². The van der Waals surface area contributed by atoms with Crippen molar-refractivity contribution in [3.8, 4) is 11.4 Å². The first-order chi connectivity index (χ1) is 18.1. The second-order valence-corrected chi connectivity index (χ2v) is 9.95. The van der Waals surface area contributed by atoms with Crippen molar-refractivity contribution in [2.75, 3.05) is 5.32 Å². The van der Waals surface area contributed by atoms with E-state index in [2.05, 4.69) is 21.0 Å². The molecule has 39 heavy (non-hydrogen) atoms. The number of rotatable bonds is 8. The molecule has 0 spiro atoms. The number of carbonyl (C=O) groups is 3. The maximum Gasteiger partial charge on any atom is 0.435 e. The van der Waals surface area contributed by atoms with Gasteiger partial charge in [-0.3, -0.25) is 9.59 Å². The summed E-state index contributed by atoms with van der Waals surface area (Å²) < 4.78 is 41.3. The van der Waals surface area contributed by atoms with E-state index in [-0.39, 0.29) is 35.5 Å². The second-order valence-electron chi connectivity index (χ2n) is 9.95. The molecule has 0 aliphatic rings. The average Bonchev–Trinajstić information content (AvgIpc) is 3.29. The molecule has 0 aliphatic carbocycles. The molecule has 3 rings (SSSR count). The maximum absolute atomic E-state index is 13.5. The first kappa shape index (κ1) is 29.0. The Morgan fingerprint density at radius 3 is 2.33 bits per heavy atom. The Labute approximate surface area is 221 Å². The first-order valence-electron chi connectivity index (χ1n) is 11.8. The van der Waals surface area contributed by atoms with E-state index in [9.17, 15) is 32.7 Å². The van der Waals surface area contributed by atoms with Crippen molar-refractivity contribution in [2.45, 2.75) is 46.0 Å². The topological polar surface area (TPSA) is 146 Å². The van der Waals surface area contributed by atoms with Gasteiger partial charge in [-0.15, -0.1) is 0 Å². The number of amides is 3. The fourth-order valence-corrected chi connectivity index (χ4v) is 3.73. The molecule has 1 atom stereocenters. The van der Waals surface area contributed by atoms with Gasteiger partial charge >= 0.3 is 12.3 Å². The van der Waals surface area contributed by atoms with Gasteiger partial charge in [0.25, 0.3) is 5.91 Å². The Balaban J connectivity index is 1.87. The van der Waals surface area contributed by atoms with Crippen LogP contribution in [0.25, 0.3) is 5.69 Å². The normalized spacial score (nSPS) is 12.5. The van der Waals surface area contributed by atoms with E-state index >= 15 is 0 Å². The van der Waals surface area contributed by atoms with Crippen LogP contribution in [-0.4, -0.2) is 43.9 Å². The van der Waals surface area contributed by atoms with Crippen LogP contribution in [0.15, 0.2) is 54.6 Å². The largest absolute Gasteiger partial charge is 0.506 e. The molecule has 1 heterocycles. The van der Waals surface area contributed by atoms with E-state index in [1.807, 2.05) is 20.8 Å². The van der Waals surface area contributed by atoms with Gasteiger partial charge in [0, 0.05) is 12.6 Å². The Kier molecular flexibility index (Phi) is 8.52. The lowest BCUT2D eigenvalue weighted by atomic mass is 9.88. The zero-order valence-corrected chi connectivity index (χ0v) is 21.3. The molecule has 0 saturated heterocycles. The number of carboxylic acid groups (broad SMARTS) is 1. The molecule has 0 fully saturated rings. The lowest BCUT2D eigenvalue weighted by Crippen LogP contribution is -2.47. The third kappa shape index (κ3) is 7.97. The molecule has 1 unspecified atom stereocenters. The SMILES string of the molecule is CC(C)(C)CC(NC(=O)O)C(=O)NCc1cccc(-n2nc(C(F)(F)F)cc2C(=O)Nc2ccccc2O)c1. The molecule has 3 aromatic rings. The van der Waals surface area contributed by atoms with E-state index < -0.39 is 41.5 Å². The van der Waals surface area contributed by atoms with Gasteiger partial charge < -0.3 is 26.2 Å². The number of aromatic hydroxyl groups is 1. The smallest absolute Gasteiger partial charge is 0.435 e. The molecular weight excluding hydrogens is 519 g/mol. The zero-order valence-electron chi connectivity index (χ0n) is 21.3. The first-order valence-corrected chi connectivity index (χ1v) is 11.8. The number of phenols is 1. The minimum atomic E-state index is -4.83. The molecule has 2 aromatic carbocycles. The summed E-state index contributed by atoms with van der Waals surface area (Å²) in [5.41, 5.74) is -1.53. The van der Waals surface area contributed by atoms with Crippen LogP contribution < -0.4 is 16.0 Å². The van der Waals surface area contributed by atoms with Crippen LogP contribution in [0.3, 0.4) is 0 Å². The number of halogens is 3. The summed E-state index contributed by atoms with van der Waals surface area (Å²) in [5, 5.41) is 29.8. The van der Waals surface area contributed by atoms with Crippen molar-refractivity contribution in [1.82, 2.24) is 20.4 Å². The standard InChI is InChI=1S/C26H28F3N5O5/c1-25(2,3)13-18(32-24(38)39)22(36)30-14-15-7-6-8-16(11-15)34-19(12-21(33-34)26(27,28)29)23(37)31-17-9-4-5-10-20(17)35/h4-12,18,32,35H,13-14H2,1-3H3,(H,30,36)(H,31,37)(H,38,39). The number of anilines is 1. The van der Waals surface area contributed by atoms with Crippen molar-refractivity contribution in [1.29, 1.82) is 0 Å². The van der Waals surface area contributed by atoms with Crippen LogP contribution in [0.1, 0.15) is 48.9 Å². The highest BCUT2D eigenvalue weighted by Gasteiger charge is 2.36. The summed E-state index contributed by atoms with van der Waals surface area (Å²) in [6.07, 6.45) is -5.95. The molecule has 0 bridgehead atoms. The van der Waals surface area contributed by atoms with Crippen molar-refractivity contribution in [2.24, 2.45) is 5.41 Å². The van der Waals surface area contributed by atoms with Gasteiger partial charge in [-0.1, -0.05) is 45.0 Å². The fourth-order valence-electron chi connectivity index (χ4n) is 3.73. The maximum atomic E-state index is 13.5. The zero-order chi connectivity index (χ0) is 29.0. The Morgan fingerprint density at radius 2 is 1.72 bits per heavy atom. The number of aromatic nitrogens is 2. The summed E-state index contributed by atoms with van der Waals surface area (Å²) in [6.45, 7) is 5.49. The molecule has 0 saturated carbocycles. The number of para-hydroxylation sites is 2. The number of hydrogen-bond acceptors (Lipinski definition) is 5. The molecule has 3 amide bonds. The number of hydrogen-bond donors (Lipinski definition) is 5. The summed E-state index contributed by atoms with van der Waals surface area (Å²) in [7, 11) is 0. The van der Waals surface area contributed by atoms with Crippen molar-refractivity contribution < 1.29 is 37.8 Å². The molecule has 208 valence electrons. The average molecular weight is 548 g/mol. The highest BCUT2D eigenvalue weighted by atomic mass is 19.4. The molecule has 0 aliphatic heterocycles. The number of carbonyl (C=O) groups excluding carboxylic acids is 2. The van der Waals surface area contributed by atoms with Gasteiger partial charge in [-0.25, -0.2) is 9.48 Å². The van der Waals surface area contributed by atoms with E-state index in [4.69, 9.17) is 5.11 Å². The summed E-state index contributed by atoms with van der Waals surface area (Å²) in [6, 6.07) is 11.3. The van der Waals surface area contributed by atoms with Gasteiger partial charge in [0.2, 0.25) is 5.91 Å².